The Morgan fingerprint density at radius 3 is 2.48 bits per heavy atom. The summed E-state index contributed by atoms with van der Waals surface area (Å²) in [4.78, 5) is 15.1. The van der Waals surface area contributed by atoms with Gasteiger partial charge in [0.15, 0.2) is 0 Å². The second kappa shape index (κ2) is 7.04. The maximum absolute atomic E-state index is 13.1. The van der Waals surface area contributed by atoms with Crippen LogP contribution in [0.25, 0.3) is 10.8 Å². The number of piperidine rings is 1. The Balaban J connectivity index is 1.47. The van der Waals surface area contributed by atoms with Gasteiger partial charge in [0.1, 0.15) is 5.75 Å². The van der Waals surface area contributed by atoms with Crippen molar-refractivity contribution in [3.05, 3.63) is 42.0 Å². The first-order chi connectivity index (χ1) is 12.3. The fourth-order valence-electron chi connectivity index (χ4n) is 3.75. The molecule has 2 fully saturated rings. The summed E-state index contributed by atoms with van der Waals surface area (Å²) >= 11 is 0. The first-order valence-corrected chi connectivity index (χ1v) is 9.34. The van der Waals surface area contributed by atoms with Crippen LogP contribution >= 0.6 is 0 Å². The van der Waals surface area contributed by atoms with Crippen molar-refractivity contribution < 1.29 is 9.53 Å². The molecule has 4 nitrogen and oxygen atoms in total. The molecule has 4 heteroatoms. The van der Waals surface area contributed by atoms with E-state index in [1.165, 1.54) is 12.8 Å². The van der Waals surface area contributed by atoms with Crippen molar-refractivity contribution >= 4 is 16.7 Å². The number of benzene rings is 2. The quantitative estimate of drug-likeness (QED) is 0.908. The van der Waals surface area contributed by atoms with Crippen LogP contribution in [0.15, 0.2) is 36.4 Å². The second-order valence-electron chi connectivity index (χ2n) is 7.28. The smallest absolute Gasteiger partial charge is 0.254 e. The normalized spacial score (nSPS) is 18.5. The van der Waals surface area contributed by atoms with Gasteiger partial charge in [-0.1, -0.05) is 24.3 Å². The van der Waals surface area contributed by atoms with E-state index >= 15 is 0 Å². The van der Waals surface area contributed by atoms with E-state index in [0.29, 0.717) is 6.04 Å². The molecule has 0 atom stereocenters. The molecule has 4 rings (SSSR count). The van der Waals surface area contributed by atoms with Crippen molar-refractivity contribution in [1.29, 1.82) is 0 Å². The van der Waals surface area contributed by atoms with Gasteiger partial charge in [0, 0.05) is 30.1 Å². The minimum absolute atomic E-state index is 0.138. The summed E-state index contributed by atoms with van der Waals surface area (Å²) in [6.45, 7) is 2.82. The Bertz CT molecular complexity index is 762. The summed E-state index contributed by atoms with van der Waals surface area (Å²) in [5.74, 6) is 1.86. The number of fused-ring (bicyclic) bond motifs is 1. The van der Waals surface area contributed by atoms with E-state index in [2.05, 4.69) is 5.32 Å². The third-order valence-electron chi connectivity index (χ3n) is 5.51. The lowest BCUT2D eigenvalue weighted by Gasteiger charge is -2.33. The van der Waals surface area contributed by atoms with E-state index < -0.39 is 0 Å². The standard InChI is InChI=1S/C21H26N2O2/c1-25-20-9-8-19(17-4-2-3-5-18(17)20)21(24)23-12-10-16(11-13-23)22-14-15-6-7-15/h2-5,8-9,15-16,22H,6-7,10-14H2,1H3. The summed E-state index contributed by atoms with van der Waals surface area (Å²) < 4.78 is 5.44. The second-order valence-corrected chi connectivity index (χ2v) is 7.28. The maximum Gasteiger partial charge on any atom is 0.254 e. The van der Waals surface area contributed by atoms with Gasteiger partial charge >= 0.3 is 0 Å². The summed E-state index contributed by atoms with van der Waals surface area (Å²) in [5, 5.41) is 5.64. The highest BCUT2D eigenvalue weighted by Crippen LogP contribution is 2.30. The predicted molar refractivity (Wildman–Crippen MR) is 100 cm³/mol. The van der Waals surface area contributed by atoms with Crippen LogP contribution in [0, 0.1) is 5.92 Å². The van der Waals surface area contributed by atoms with Crippen LogP contribution in [0.4, 0.5) is 0 Å². The molecular weight excluding hydrogens is 312 g/mol. The average molecular weight is 338 g/mol. The summed E-state index contributed by atoms with van der Waals surface area (Å²) in [7, 11) is 1.67. The van der Waals surface area contributed by atoms with Gasteiger partial charge < -0.3 is 15.0 Å². The van der Waals surface area contributed by atoms with Crippen molar-refractivity contribution in [1.82, 2.24) is 10.2 Å². The molecule has 1 saturated carbocycles. The van der Waals surface area contributed by atoms with E-state index in [0.717, 1.165) is 60.5 Å². The summed E-state index contributed by atoms with van der Waals surface area (Å²) in [6, 6.07) is 12.4. The molecule has 1 heterocycles. The number of nitrogens with zero attached hydrogens (tertiary/aromatic N) is 1. The summed E-state index contributed by atoms with van der Waals surface area (Å²) in [5.41, 5.74) is 0.779. The zero-order valence-corrected chi connectivity index (χ0v) is 14.8. The minimum atomic E-state index is 0.138. The molecule has 2 aliphatic rings. The van der Waals surface area contributed by atoms with Crippen LogP contribution in [0.1, 0.15) is 36.0 Å². The zero-order valence-electron chi connectivity index (χ0n) is 14.8. The van der Waals surface area contributed by atoms with Crippen molar-refractivity contribution in [2.24, 2.45) is 5.92 Å². The molecule has 1 saturated heterocycles. The molecule has 0 bridgehead atoms. The molecular formula is C21H26N2O2. The number of ether oxygens (including phenoxy) is 1. The van der Waals surface area contributed by atoms with Gasteiger partial charge in [-0.2, -0.15) is 0 Å². The Labute approximate surface area is 149 Å². The van der Waals surface area contributed by atoms with E-state index in [1.807, 2.05) is 41.3 Å². The number of carbonyl (C=O) groups is 1. The van der Waals surface area contributed by atoms with Gasteiger partial charge in [-0.05, 0) is 55.7 Å². The highest BCUT2D eigenvalue weighted by molar-refractivity contribution is 6.08. The molecule has 0 aromatic heterocycles. The van der Waals surface area contributed by atoms with Gasteiger partial charge in [0.2, 0.25) is 0 Å². The van der Waals surface area contributed by atoms with E-state index in [9.17, 15) is 4.79 Å². The highest BCUT2D eigenvalue weighted by atomic mass is 16.5. The number of nitrogens with one attached hydrogen (secondary N) is 1. The molecule has 1 amide bonds. The van der Waals surface area contributed by atoms with Gasteiger partial charge in [-0.15, -0.1) is 0 Å². The predicted octanol–water partition coefficient (Wildman–Crippen LogP) is 3.45. The Morgan fingerprint density at radius 1 is 1.08 bits per heavy atom. The highest BCUT2D eigenvalue weighted by Gasteiger charge is 2.27. The van der Waals surface area contributed by atoms with E-state index in [-0.39, 0.29) is 5.91 Å². The SMILES string of the molecule is COc1ccc(C(=O)N2CCC(NCC3CC3)CC2)c2ccccc12. The summed E-state index contributed by atoms with van der Waals surface area (Å²) in [6.07, 6.45) is 4.86. The number of rotatable bonds is 5. The van der Waals surface area contributed by atoms with E-state index in [1.54, 1.807) is 7.11 Å². The average Bonchev–Trinajstić information content (AvgIpc) is 3.50. The maximum atomic E-state index is 13.1. The topological polar surface area (TPSA) is 41.6 Å². The lowest BCUT2D eigenvalue weighted by molar-refractivity contribution is 0.0707. The van der Waals surface area contributed by atoms with Crippen molar-refractivity contribution in [3.8, 4) is 5.75 Å². The Morgan fingerprint density at radius 2 is 1.80 bits per heavy atom. The Hall–Kier alpha value is -2.07. The Kier molecular flexibility index (Phi) is 4.62. The number of hydrogen-bond donors (Lipinski definition) is 1. The first kappa shape index (κ1) is 16.4. The lowest BCUT2D eigenvalue weighted by Crippen LogP contribution is -2.45. The molecule has 132 valence electrons. The van der Waals surface area contributed by atoms with Crippen molar-refractivity contribution in [3.63, 3.8) is 0 Å². The van der Waals surface area contributed by atoms with Gasteiger partial charge in [-0.25, -0.2) is 0 Å². The first-order valence-electron chi connectivity index (χ1n) is 9.34. The molecule has 1 aliphatic carbocycles. The van der Waals surface area contributed by atoms with Crippen LogP contribution in [-0.2, 0) is 0 Å². The monoisotopic (exact) mass is 338 g/mol. The lowest BCUT2D eigenvalue weighted by atomic mass is 10.00. The molecule has 1 aliphatic heterocycles. The van der Waals surface area contributed by atoms with Crippen LogP contribution in [0.2, 0.25) is 0 Å². The minimum Gasteiger partial charge on any atom is -0.496 e. The number of likely N-dealkylation sites (tertiary alicyclic amines) is 1. The fourth-order valence-corrected chi connectivity index (χ4v) is 3.75. The van der Waals surface area contributed by atoms with Gasteiger partial charge in [0.25, 0.3) is 5.91 Å². The van der Waals surface area contributed by atoms with Crippen LogP contribution in [0.5, 0.6) is 5.75 Å². The molecule has 1 N–H and O–H groups in total. The molecule has 2 aromatic rings. The third kappa shape index (κ3) is 3.49. The van der Waals surface area contributed by atoms with Gasteiger partial charge in [0.05, 0.1) is 7.11 Å². The zero-order chi connectivity index (χ0) is 17.2. The molecule has 2 aromatic carbocycles. The molecule has 0 unspecified atom stereocenters. The van der Waals surface area contributed by atoms with Crippen LogP contribution in [-0.4, -0.2) is 43.6 Å². The van der Waals surface area contributed by atoms with Gasteiger partial charge in [-0.3, -0.25) is 4.79 Å². The number of hydrogen-bond acceptors (Lipinski definition) is 3. The van der Waals surface area contributed by atoms with Crippen LogP contribution < -0.4 is 10.1 Å². The fraction of sp³-hybridized carbons (Fsp3) is 0.476. The number of amides is 1. The van der Waals surface area contributed by atoms with E-state index in [4.69, 9.17) is 4.74 Å². The number of carbonyl (C=O) groups excluding carboxylic acids is 1. The number of methoxy groups -OCH3 is 1. The largest absolute Gasteiger partial charge is 0.496 e. The third-order valence-corrected chi connectivity index (χ3v) is 5.51. The van der Waals surface area contributed by atoms with Crippen molar-refractivity contribution in [2.45, 2.75) is 31.7 Å². The van der Waals surface area contributed by atoms with Crippen LogP contribution in [0.3, 0.4) is 0 Å². The molecule has 25 heavy (non-hydrogen) atoms. The molecule has 0 radical (unpaired) electrons. The van der Waals surface area contributed by atoms with Crippen molar-refractivity contribution in [2.75, 3.05) is 26.7 Å². The molecule has 0 spiro atoms.